The third kappa shape index (κ3) is 4.07. The maximum atomic E-state index is 13.5. The van der Waals surface area contributed by atoms with Crippen molar-refractivity contribution in [2.75, 3.05) is 13.6 Å². The number of benzene rings is 1. The molecule has 0 aromatic heterocycles. The molecular weight excluding hydrogens is 229 g/mol. The fourth-order valence-corrected chi connectivity index (χ4v) is 2.32. The van der Waals surface area contributed by atoms with E-state index in [0.717, 1.165) is 19.4 Å². The molecule has 0 saturated heterocycles. The summed E-state index contributed by atoms with van der Waals surface area (Å²) in [6.07, 6.45) is 2.04. The van der Waals surface area contributed by atoms with Gasteiger partial charge in [-0.15, -0.1) is 0 Å². The van der Waals surface area contributed by atoms with E-state index in [1.165, 1.54) is 6.07 Å². The monoisotopic (exact) mass is 253 g/mol. The van der Waals surface area contributed by atoms with Crippen LogP contribution in [0.1, 0.15) is 44.8 Å². The highest BCUT2D eigenvalue weighted by atomic mass is 19.1. The van der Waals surface area contributed by atoms with Crippen molar-refractivity contribution in [2.45, 2.75) is 45.3 Å². The van der Waals surface area contributed by atoms with E-state index in [9.17, 15) is 9.50 Å². The molecule has 102 valence electrons. The molecular formula is C15H24FNO. The maximum absolute atomic E-state index is 13.5. The lowest BCUT2D eigenvalue weighted by Crippen LogP contribution is -2.32. The average Bonchev–Trinajstić information content (AvgIpc) is 2.38. The van der Waals surface area contributed by atoms with Crippen LogP contribution >= 0.6 is 0 Å². The van der Waals surface area contributed by atoms with Crippen LogP contribution in [-0.4, -0.2) is 29.6 Å². The Hall–Kier alpha value is -0.930. The first-order valence-corrected chi connectivity index (χ1v) is 6.72. The molecule has 0 saturated carbocycles. The molecule has 3 heteroatoms. The summed E-state index contributed by atoms with van der Waals surface area (Å²) in [4.78, 5) is 2.24. The molecule has 2 nitrogen and oxygen atoms in total. The van der Waals surface area contributed by atoms with Crippen LogP contribution in [0.4, 0.5) is 4.39 Å². The zero-order valence-electron chi connectivity index (χ0n) is 11.6. The number of aliphatic hydroxyl groups is 1. The Morgan fingerprint density at radius 1 is 1.22 bits per heavy atom. The summed E-state index contributed by atoms with van der Waals surface area (Å²) in [7, 11) is 2.06. The molecule has 0 radical (unpaired) electrons. The summed E-state index contributed by atoms with van der Waals surface area (Å²) in [6.45, 7) is 5.11. The fourth-order valence-electron chi connectivity index (χ4n) is 2.32. The molecule has 1 N–H and O–H groups in total. The zero-order valence-corrected chi connectivity index (χ0v) is 11.6. The second-order valence-electron chi connectivity index (χ2n) is 4.78. The quantitative estimate of drug-likeness (QED) is 0.805. The molecule has 1 aromatic rings. The van der Waals surface area contributed by atoms with Crippen LogP contribution in [0.2, 0.25) is 0 Å². The molecule has 0 amide bonds. The minimum atomic E-state index is -0.719. The lowest BCUT2D eigenvalue weighted by atomic mass is 10.0. The van der Waals surface area contributed by atoms with E-state index in [1.54, 1.807) is 18.2 Å². The summed E-state index contributed by atoms with van der Waals surface area (Å²) in [5, 5.41) is 10.0. The van der Waals surface area contributed by atoms with Crippen molar-refractivity contribution in [3.8, 4) is 0 Å². The molecule has 0 heterocycles. The third-order valence-electron chi connectivity index (χ3n) is 3.59. The number of hydrogen-bond donors (Lipinski definition) is 1. The van der Waals surface area contributed by atoms with Crippen LogP contribution in [-0.2, 0) is 0 Å². The highest BCUT2D eigenvalue weighted by Gasteiger charge is 2.15. The summed E-state index contributed by atoms with van der Waals surface area (Å²) < 4.78 is 13.5. The van der Waals surface area contributed by atoms with Gasteiger partial charge in [-0.1, -0.05) is 32.0 Å². The minimum Gasteiger partial charge on any atom is -0.388 e. The molecule has 0 spiro atoms. The number of hydrogen-bond acceptors (Lipinski definition) is 2. The summed E-state index contributed by atoms with van der Waals surface area (Å²) in [5.74, 6) is -0.324. The second kappa shape index (κ2) is 7.49. The van der Waals surface area contributed by atoms with Crippen molar-refractivity contribution in [3.05, 3.63) is 35.6 Å². The van der Waals surface area contributed by atoms with E-state index in [1.807, 2.05) is 0 Å². The van der Waals surface area contributed by atoms with E-state index >= 15 is 0 Å². The number of halogens is 1. The standard InChI is InChI=1S/C15H24FNO/c1-4-12(5-2)17(3)11-10-15(18)13-8-6-7-9-14(13)16/h6-9,12,15,18H,4-5,10-11H2,1-3H3. The highest BCUT2D eigenvalue weighted by Crippen LogP contribution is 2.20. The first kappa shape index (κ1) is 15.1. The highest BCUT2D eigenvalue weighted by molar-refractivity contribution is 5.19. The van der Waals surface area contributed by atoms with Crippen molar-refractivity contribution < 1.29 is 9.50 Å². The minimum absolute atomic E-state index is 0.324. The van der Waals surface area contributed by atoms with Gasteiger partial charge in [0.05, 0.1) is 6.10 Å². The lowest BCUT2D eigenvalue weighted by Gasteiger charge is -2.27. The largest absolute Gasteiger partial charge is 0.388 e. The SMILES string of the molecule is CCC(CC)N(C)CCC(O)c1ccccc1F. The first-order chi connectivity index (χ1) is 8.60. The van der Waals surface area contributed by atoms with E-state index in [0.29, 0.717) is 18.0 Å². The molecule has 0 aliphatic heterocycles. The van der Waals surface area contributed by atoms with Gasteiger partial charge in [0.2, 0.25) is 0 Å². The topological polar surface area (TPSA) is 23.5 Å². The molecule has 1 atom stereocenters. The molecule has 0 bridgehead atoms. The number of nitrogens with zero attached hydrogens (tertiary/aromatic N) is 1. The van der Waals surface area contributed by atoms with Gasteiger partial charge in [-0.2, -0.15) is 0 Å². The van der Waals surface area contributed by atoms with Gasteiger partial charge in [0.1, 0.15) is 5.82 Å². The van der Waals surface area contributed by atoms with E-state index in [-0.39, 0.29) is 5.82 Å². The second-order valence-corrected chi connectivity index (χ2v) is 4.78. The summed E-state index contributed by atoms with van der Waals surface area (Å²) in [6, 6.07) is 6.98. The van der Waals surface area contributed by atoms with Crippen LogP contribution in [0.15, 0.2) is 24.3 Å². The summed E-state index contributed by atoms with van der Waals surface area (Å²) in [5.41, 5.74) is 0.399. The van der Waals surface area contributed by atoms with Gasteiger partial charge in [0, 0.05) is 18.2 Å². The van der Waals surface area contributed by atoms with Crippen molar-refractivity contribution in [1.82, 2.24) is 4.90 Å². The molecule has 1 aromatic carbocycles. The Morgan fingerprint density at radius 2 is 1.83 bits per heavy atom. The predicted molar refractivity (Wildman–Crippen MR) is 73.0 cm³/mol. The van der Waals surface area contributed by atoms with Crippen molar-refractivity contribution in [2.24, 2.45) is 0 Å². The number of aliphatic hydroxyl groups excluding tert-OH is 1. The molecule has 1 unspecified atom stereocenters. The van der Waals surface area contributed by atoms with Crippen molar-refractivity contribution >= 4 is 0 Å². The maximum Gasteiger partial charge on any atom is 0.128 e. The smallest absolute Gasteiger partial charge is 0.128 e. The van der Waals surface area contributed by atoms with Gasteiger partial charge < -0.3 is 10.0 Å². The average molecular weight is 253 g/mol. The molecule has 18 heavy (non-hydrogen) atoms. The Balaban J connectivity index is 2.51. The molecule has 1 rings (SSSR count). The van der Waals surface area contributed by atoms with Crippen LogP contribution in [0.25, 0.3) is 0 Å². The Morgan fingerprint density at radius 3 is 2.39 bits per heavy atom. The normalized spacial score (nSPS) is 13.3. The molecule has 0 aliphatic rings. The van der Waals surface area contributed by atoms with Crippen molar-refractivity contribution in [3.63, 3.8) is 0 Å². The van der Waals surface area contributed by atoms with E-state index < -0.39 is 6.10 Å². The van der Waals surface area contributed by atoms with Gasteiger partial charge in [-0.25, -0.2) is 4.39 Å². The van der Waals surface area contributed by atoms with Crippen LogP contribution < -0.4 is 0 Å². The van der Waals surface area contributed by atoms with Crippen LogP contribution in [0.3, 0.4) is 0 Å². The third-order valence-corrected chi connectivity index (χ3v) is 3.59. The van der Waals surface area contributed by atoms with E-state index in [4.69, 9.17) is 0 Å². The van der Waals surface area contributed by atoms with Gasteiger partial charge in [-0.3, -0.25) is 0 Å². The molecule has 0 fully saturated rings. The first-order valence-electron chi connectivity index (χ1n) is 6.72. The van der Waals surface area contributed by atoms with Gasteiger partial charge in [0.15, 0.2) is 0 Å². The zero-order chi connectivity index (χ0) is 13.5. The Kier molecular flexibility index (Phi) is 6.30. The number of rotatable bonds is 7. The summed E-state index contributed by atoms with van der Waals surface area (Å²) >= 11 is 0. The van der Waals surface area contributed by atoms with Crippen LogP contribution in [0, 0.1) is 5.82 Å². The Bertz CT molecular complexity index is 352. The Labute approximate surface area is 109 Å². The van der Waals surface area contributed by atoms with Gasteiger partial charge >= 0.3 is 0 Å². The predicted octanol–water partition coefficient (Wildman–Crippen LogP) is 3.37. The van der Waals surface area contributed by atoms with Crippen molar-refractivity contribution in [1.29, 1.82) is 0 Å². The fraction of sp³-hybridized carbons (Fsp3) is 0.600. The van der Waals surface area contributed by atoms with Crippen LogP contribution in [0.5, 0.6) is 0 Å². The lowest BCUT2D eigenvalue weighted by molar-refractivity contribution is 0.131. The van der Waals surface area contributed by atoms with E-state index in [2.05, 4.69) is 25.8 Å². The van der Waals surface area contributed by atoms with Gasteiger partial charge in [-0.05, 0) is 32.4 Å². The molecule has 0 aliphatic carbocycles. The van der Waals surface area contributed by atoms with Gasteiger partial charge in [0.25, 0.3) is 0 Å².